The minimum Gasteiger partial charge on any atom is -0.397 e. The zero-order valence-electron chi connectivity index (χ0n) is 22.8. The fourth-order valence-electron chi connectivity index (χ4n) is 4.74. The molecule has 0 spiro atoms. The third kappa shape index (κ3) is 5.54. The van der Waals surface area contributed by atoms with Gasteiger partial charge in [0.15, 0.2) is 17.3 Å². The number of piperazine rings is 1. The van der Waals surface area contributed by atoms with Gasteiger partial charge in [-0.15, -0.1) is 0 Å². The number of nitrogen functional groups attached to an aromatic ring is 1. The third-order valence-electron chi connectivity index (χ3n) is 7.21. The van der Waals surface area contributed by atoms with Crippen molar-refractivity contribution in [3.8, 4) is 17.1 Å². The van der Waals surface area contributed by atoms with E-state index in [0.717, 1.165) is 17.1 Å². The Morgan fingerprint density at radius 2 is 1.90 bits per heavy atom. The van der Waals surface area contributed by atoms with Crippen LogP contribution in [0.5, 0.6) is 0 Å². The first-order valence-corrected chi connectivity index (χ1v) is 13.3. The molecule has 0 unspecified atom stereocenters. The number of rotatable bonds is 5. The van der Waals surface area contributed by atoms with Crippen molar-refractivity contribution >= 4 is 34.8 Å². The van der Waals surface area contributed by atoms with E-state index in [-0.39, 0.29) is 51.6 Å². The predicted molar refractivity (Wildman–Crippen MR) is 150 cm³/mol. The number of hydrogen-bond acceptors (Lipinski definition) is 7. The van der Waals surface area contributed by atoms with Gasteiger partial charge in [0.25, 0.3) is 11.8 Å². The molecule has 1 aromatic carbocycles. The van der Waals surface area contributed by atoms with Crippen molar-refractivity contribution in [2.24, 2.45) is 7.05 Å². The molecule has 2 amide bonds. The van der Waals surface area contributed by atoms with Gasteiger partial charge in [-0.25, -0.2) is 14.6 Å². The van der Waals surface area contributed by atoms with Crippen LogP contribution in [-0.2, 0) is 13.2 Å². The van der Waals surface area contributed by atoms with Crippen LogP contribution in [0.25, 0.3) is 17.1 Å². The number of carbonyl (C=O) groups is 2. The summed E-state index contributed by atoms with van der Waals surface area (Å²) in [5.41, 5.74) is 5.09. The standard InChI is InChI=1S/C27H27ClF3N9O2/c1-14-15(2)39(9-8-33-14)26(42)18-6-5-17(10-20(18)28)36-25(41)24-35-12-21(38(24)3)19-13-40(37-23(19)27(29,30)31)22-7-4-16(32)11-34-22/h4-7,10-15,33H,8-9,32H2,1-3H3,(H,36,41)/t14-,15+/m1/s1. The largest absolute Gasteiger partial charge is 0.435 e. The molecule has 3 aromatic heterocycles. The number of carbonyl (C=O) groups excluding carboxylic acids is 2. The lowest BCUT2D eigenvalue weighted by Crippen LogP contribution is -2.57. The number of hydrogen-bond donors (Lipinski definition) is 3. The number of anilines is 2. The lowest BCUT2D eigenvalue weighted by molar-refractivity contribution is -0.140. The number of halogens is 4. The van der Waals surface area contributed by atoms with Gasteiger partial charge in [-0.1, -0.05) is 11.6 Å². The van der Waals surface area contributed by atoms with E-state index < -0.39 is 17.8 Å². The highest BCUT2D eigenvalue weighted by Crippen LogP contribution is 2.37. The van der Waals surface area contributed by atoms with Crippen LogP contribution in [0.2, 0.25) is 5.02 Å². The first kappa shape index (κ1) is 29.1. The SMILES string of the molecule is C[C@H]1NCCN(C(=O)c2ccc(NC(=O)c3ncc(-c4cn(-c5ccc(N)cn5)nc4C(F)(F)F)n3C)cc2Cl)[C@H]1C. The van der Waals surface area contributed by atoms with Crippen LogP contribution < -0.4 is 16.4 Å². The van der Waals surface area contributed by atoms with E-state index in [1.165, 1.54) is 48.1 Å². The second-order valence-electron chi connectivity index (χ2n) is 9.94. The lowest BCUT2D eigenvalue weighted by Gasteiger charge is -2.38. The molecule has 15 heteroatoms. The second kappa shape index (κ2) is 11.1. The molecule has 220 valence electrons. The molecule has 1 fully saturated rings. The number of aromatic nitrogens is 5. The Morgan fingerprint density at radius 3 is 2.57 bits per heavy atom. The van der Waals surface area contributed by atoms with Gasteiger partial charge in [-0.05, 0) is 44.2 Å². The lowest BCUT2D eigenvalue weighted by atomic mass is 10.1. The van der Waals surface area contributed by atoms with E-state index in [0.29, 0.717) is 24.3 Å². The highest BCUT2D eigenvalue weighted by Gasteiger charge is 2.39. The van der Waals surface area contributed by atoms with Crippen LogP contribution >= 0.6 is 11.6 Å². The molecule has 1 aliphatic heterocycles. The molecule has 0 bridgehead atoms. The minimum atomic E-state index is -4.79. The highest BCUT2D eigenvalue weighted by molar-refractivity contribution is 6.34. The normalized spacial score (nSPS) is 17.4. The number of imidazole rings is 1. The maximum absolute atomic E-state index is 13.9. The van der Waals surface area contributed by atoms with Crippen molar-refractivity contribution in [1.82, 2.24) is 34.5 Å². The van der Waals surface area contributed by atoms with Crippen molar-refractivity contribution in [1.29, 1.82) is 0 Å². The molecule has 2 atom stereocenters. The Balaban J connectivity index is 1.38. The van der Waals surface area contributed by atoms with Gasteiger partial charge in [-0.2, -0.15) is 18.3 Å². The Kier molecular flexibility index (Phi) is 7.68. The zero-order valence-corrected chi connectivity index (χ0v) is 23.5. The fraction of sp³-hybridized carbons (Fsp3) is 0.296. The molecule has 4 N–H and O–H groups in total. The summed E-state index contributed by atoms with van der Waals surface area (Å²) in [5.74, 6) is -0.940. The predicted octanol–water partition coefficient (Wildman–Crippen LogP) is 4.00. The summed E-state index contributed by atoms with van der Waals surface area (Å²) in [6.07, 6.45) is -1.17. The molecular weight excluding hydrogens is 575 g/mol. The number of benzene rings is 1. The van der Waals surface area contributed by atoms with E-state index in [2.05, 4.69) is 25.7 Å². The van der Waals surface area contributed by atoms with Gasteiger partial charge in [0.1, 0.15) is 0 Å². The van der Waals surface area contributed by atoms with Crippen LogP contribution in [0.1, 0.15) is 40.5 Å². The summed E-state index contributed by atoms with van der Waals surface area (Å²) in [7, 11) is 1.42. The van der Waals surface area contributed by atoms with Crippen molar-refractivity contribution in [3.63, 3.8) is 0 Å². The summed E-state index contributed by atoms with van der Waals surface area (Å²) in [4.78, 5) is 36.1. The van der Waals surface area contributed by atoms with Gasteiger partial charge < -0.3 is 25.8 Å². The summed E-state index contributed by atoms with van der Waals surface area (Å²) >= 11 is 6.43. The molecule has 0 aliphatic carbocycles. The molecule has 42 heavy (non-hydrogen) atoms. The number of alkyl halides is 3. The summed E-state index contributed by atoms with van der Waals surface area (Å²) in [6.45, 7) is 5.15. The quantitative estimate of drug-likeness (QED) is 0.315. The van der Waals surface area contributed by atoms with Crippen LogP contribution in [0.4, 0.5) is 24.5 Å². The van der Waals surface area contributed by atoms with Crippen LogP contribution in [-0.4, -0.2) is 66.2 Å². The van der Waals surface area contributed by atoms with E-state index in [1.807, 2.05) is 13.8 Å². The number of nitrogens with two attached hydrogens (primary N) is 1. The van der Waals surface area contributed by atoms with Crippen LogP contribution in [0, 0.1) is 0 Å². The molecule has 4 heterocycles. The number of nitrogens with zero attached hydrogens (tertiary/aromatic N) is 6. The van der Waals surface area contributed by atoms with Gasteiger partial charge >= 0.3 is 6.18 Å². The van der Waals surface area contributed by atoms with Gasteiger partial charge in [-0.3, -0.25) is 9.59 Å². The molecule has 0 saturated carbocycles. The van der Waals surface area contributed by atoms with E-state index in [1.54, 1.807) is 4.90 Å². The Labute approximate surface area is 243 Å². The van der Waals surface area contributed by atoms with Crippen molar-refractivity contribution in [2.45, 2.75) is 32.1 Å². The smallest absolute Gasteiger partial charge is 0.397 e. The van der Waals surface area contributed by atoms with Crippen molar-refractivity contribution < 1.29 is 22.8 Å². The second-order valence-corrected chi connectivity index (χ2v) is 10.3. The van der Waals surface area contributed by atoms with Gasteiger partial charge in [0, 0.05) is 44.1 Å². The monoisotopic (exact) mass is 601 g/mol. The molecule has 1 aliphatic rings. The number of amides is 2. The first-order chi connectivity index (χ1) is 19.8. The van der Waals surface area contributed by atoms with E-state index in [9.17, 15) is 22.8 Å². The highest BCUT2D eigenvalue weighted by atomic mass is 35.5. The van der Waals surface area contributed by atoms with Crippen LogP contribution in [0.3, 0.4) is 0 Å². The molecule has 4 aromatic rings. The average molecular weight is 602 g/mol. The number of nitrogens with one attached hydrogen (secondary N) is 2. The molecule has 0 radical (unpaired) electrons. The maximum Gasteiger partial charge on any atom is 0.435 e. The Morgan fingerprint density at radius 1 is 1.14 bits per heavy atom. The Hall–Kier alpha value is -4.43. The third-order valence-corrected chi connectivity index (χ3v) is 7.52. The topological polar surface area (TPSA) is 136 Å². The molecule has 1 saturated heterocycles. The summed E-state index contributed by atoms with van der Waals surface area (Å²) < 4.78 is 44.0. The van der Waals surface area contributed by atoms with E-state index >= 15 is 0 Å². The summed E-state index contributed by atoms with van der Waals surface area (Å²) in [6, 6.07) is 7.51. The Bertz CT molecular complexity index is 1650. The fourth-order valence-corrected chi connectivity index (χ4v) is 5.00. The number of pyridine rings is 1. The minimum absolute atomic E-state index is 0.00696. The van der Waals surface area contributed by atoms with Crippen molar-refractivity contribution in [2.75, 3.05) is 24.1 Å². The average Bonchev–Trinajstić information content (AvgIpc) is 3.54. The van der Waals surface area contributed by atoms with Gasteiger partial charge in [0.2, 0.25) is 0 Å². The summed E-state index contributed by atoms with van der Waals surface area (Å²) in [5, 5.41) is 9.80. The van der Waals surface area contributed by atoms with Crippen molar-refractivity contribution in [3.05, 3.63) is 71.0 Å². The molecule has 5 rings (SSSR count). The van der Waals surface area contributed by atoms with Gasteiger partial charge in [0.05, 0.1) is 39.9 Å². The maximum atomic E-state index is 13.9. The first-order valence-electron chi connectivity index (χ1n) is 12.9. The van der Waals surface area contributed by atoms with E-state index in [4.69, 9.17) is 17.3 Å². The zero-order chi connectivity index (χ0) is 30.3. The van der Waals surface area contributed by atoms with Crippen LogP contribution in [0.15, 0.2) is 48.9 Å². The molecule has 11 nitrogen and oxygen atoms in total. The molecular formula is C27H27ClF3N9O2.